The zero-order valence-corrected chi connectivity index (χ0v) is 11.8. The van der Waals surface area contributed by atoms with E-state index in [1.54, 1.807) is 0 Å². The number of nitrogens with one attached hydrogen (secondary N) is 1. The molecule has 0 spiro atoms. The van der Waals surface area contributed by atoms with Crippen LogP contribution >= 0.6 is 0 Å². The molecule has 100 valence electrons. The highest BCUT2D eigenvalue weighted by Gasteiger charge is 2.41. The van der Waals surface area contributed by atoms with Crippen molar-refractivity contribution in [1.29, 1.82) is 0 Å². The van der Waals surface area contributed by atoms with Crippen LogP contribution in [0, 0.1) is 5.92 Å². The minimum atomic E-state index is 0.915. The molecule has 2 aliphatic carbocycles. The molecule has 2 nitrogen and oxygen atoms in total. The smallest absolute Gasteiger partial charge is 0.0139 e. The van der Waals surface area contributed by atoms with Crippen molar-refractivity contribution >= 4 is 0 Å². The molecular weight excluding hydrogens is 208 g/mol. The van der Waals surface area contributed by atoms with Gasteiger partial charge in [-0.25, -0.2) is 0 Å². The minimum absolute atomic E-state index is 0.915. The van der Waals surface area contributed by atoms with Crippen LogP contribution in [0.3, 0.4) is 0 Å². The van der Waals surface area contributed by atoms with Crippen molar-refractivity contribution in [2.24, 2.45) is 5.92 Å². The van der Waals surface area contributed by atoms with Gasteiger partial charge < -0.3 is 5.32 Å². The highest BCUT2D eigenvalue weighted by atomic mass is 15.2. The normalized spacial score (nSPS) is 28.4. The molecule has 0 bridgehead atoms. The molecule has 0 radical (unpaired) electrons. The van der Waals surface area contributed by atoms with Crippen LogP contribution in [0.1, 0.15) is 58.8 Å². The van der Waals surface area contributed by atoms with E-state index in [0.717, 1.165) is 18.0 Å². The summed E-state index contributed by atoms with van der Waals surface area (Å²) in [5, 5.41) is 3.61. The Hall–Kier alpha value is -0.0800. The molecule has 0 aromatic carbocycles. The van der Waals surface area contributed by atoms with Crippen LogP contribution in [0.4, 0.5) is 0 Å². The standard InChI is InChI=1S/C15H30N2/c1-3-5-11-17(14-7-8-14)15-9-6-13(15)12-16-10-4-2/h13-16H,3-12H2,1-2H3. The molecule has 2 fully saturated rings. The second-order valence-electron chi connectivity index (χ2n) is 5.93. The molecule has 0 aromatic heterocycles. The van der Waals surface area contributed by atoms with Crippen molar-refractivity contribution in [3.8, 4) is 0 Å². The van der Waals surface area contributed by atoms with Crippen molar-refractivity contribution in [2.45, 2.75) is 70.9 Å². The lowest BCUT2D eigenvalue weighted by Gasteiger charge is -2.45. The summed E-state index contributed by atoms with van der Waals surface area (Å²) < 4.78 is 0. The topological polar surface area (TPSA) is 15.3 Å². The summed E-state index contributed by atoms with van der Waals surface area (Å²) in [7, 11) is 0. The summed E-state index contributed by atoms with van der Waals surface area (Å²) in [5.41, 5.74) is 0. The lowest BCUT2D eigenvalue weighted by molar-refractivity contribution is 0.0538. The minimum Gasteiger partial charge on any atom is -0.316 e. The number of hydrogen-bond donors (Lipinski definition) is 1. The quantitative estimate of drug-likeness (QED) is 0.621. The molecule has 0 aromatic rings. The van der Waals surface area contributed by atoms with Gasteiger partial charge in [-0.3, -0.25) is 4.90 Å². The summed E-state index contributed by atoms with van der Waals surface area (Å²) in [4.78, 5) is 2.85. The zero-order valence-electron chi connectivity index (χ0n) is 11.8. The third-order valence-electron chi connectivity index (χ3n) is 4.42. The molecular formula is C15H30N2. The van der Waals surface area contributed by atoms with Crippen molar-refractivity contribution in [3.63, 3.8) is 0 Å². The van der Waals surface area contributed by atoms with Gasteiger partial charge in [0.2, 0.25) is 0 Å². The molecule has 2 atom stereocenters. The van der Waals surface area contributed by atoms with Gasteiger partial charge in [0.1, 0.15) is 0 Å². The zero-order chi connectivity index (χ0) is 12.1. The van der Waals surface area contributed by atoms with Gasteiger partial charge >= 0.3 is 0 Å². The Morgan fingerprint density at radius 1 is 1.06 bits per heavy atom. The molecule has 2 heteroatoms. The summed E-state index contributed by atoms with van der Waals surface area (Å²) in [6, 6.07) is 1.87. The molecule has 0 saturated heterocycles. The monoisotopic (exact) mass is 238 g/mol. The number of hydrogen-bond acceptors (Lipinski definition) is 2. The van der Waals surface area contributed by atoms with Crippen LogP contribution in [0.5, 0.6) is 0 Å². The maximum absolute atomic E-state index is 3.61. The fourth-order valence-electron chi connectivity index (χ4n) is 3.06. The van der Waals surface area contributed by atoms with E-state index in [1.807, 2.05) is 0 Å². The lowest BCUT2D eigenvalue weighted by atomic mass is 9.78. The second-order valence-corrected chi connectivity index (χ2v) is 5.93. The molecule has 0 aliphatic heterocycles. The van der Waals surface area contributed by atoms with E-state index in [-0.39, 0.29) is 0 Å². The number of nitrogens with zero attached hydrogens (tertiary/aromatic N) is 1. The molecule has 2 rings (SSSR count). The summed E-state index contributed by atoms with van der Waals surface area (Å²) >= 11 is 0. The first-order valence-electron chi connectivity index (χ1n) is 7.83. The Labute approximate surface area is 107 Å². The van der Waals surface area contributed by atoms with Crippen LogP contribution in [0.15, 0.2) is 0 Å². The Balaban J connectivity index is 1.73. The van der Waals surface area contributed by atoms with Crippen molar-refractivity contribution in [1.82, 2.24) is 10.2 Å². The second kappa shape index (κ2) is 6.75. The summed E-state index contributed by atoms with van der Waals surface area (Å²) in [6.07, 6.45) is 9.84. The maximum atomic E-state index is 3.61. The van der Waals surface area contributed by atoms with Gasteiger partial charge in [-0.2, -0.15) is 0 Å². The molecule has 17 heavy (non-hydrogen) atoms. The van der Waals surface area contributed by atoms with E-state index < -0.39 is 0 Å². The Morgan fingerprint density at radius 3 is 2.41 bits per heavy atom. The predicted molar refractivity (Wildman–Crippen MR) is 74.3 cm³/mol. The SMILES string of the molecule is CCCCN(C1CC1)C1CCC1CNCCC. The molecule has 2 unspecified atom stereocenters. The highest BCUT2D eigenvalue weighted by Crippen LogP contribution is 2.38. The van der Waals surface area contributed by atoms with Crippen LogP contribution in [-0.2, 0) is 0 Å². The highest BCUT2D eigenvalue weighted by molar-refractivity contribution is 4.96. The summed E-state index contributed by atoms with van der Waals surface area (Å²) in [6.45, 7) is 8.38. The summed E-state index contributed by atoms with van der Waals surface area (Å²) in [5.74, 6) is 0.944. The van der Waals surface area contributed by atoms with Crippen LogP contribution in [-0.4, -0.2) is 36.6 Å². The largest absolute Gasteiger partial charge is 0.316 e. The average Bonchev–Trinajstić information content (AvgIpc) is 3.12. The van der Waals surface area contributed by atoms with Crippen LogP contribution in [0.2, 0.25) is 0 Å². The third-order valence-corrected chi connectivity index (χ3v) is 4.42. The van der Waals surface area contributed by atoms with Gasteiger partial charge in [0, 0.05) is 12.1 Å². The van der Waals surface area contributed by atoms with E-state index in [1.165, 1.54) is 64.6 Å². The van der Waals surface area contributed by atoms with Gasteiger partial charge in [-0.15, -0.1) is 0 Å². The van der Waals surface area contributed by atoms with E-state index >= 15 is 0 Å². The number of rotatable bonds is 9. The van der Waals surface area contributed by atoms with Crippen molar-refractivity contribution in [2.75, 3.05) is 19.6 Å². The van der Waals surface area contributed by atoms with E-state index in [4.69, 9.17) is 0 Å². The van der Waals surface area contributed by atoms with Gasteiger partial charge in [0.05, 0.1) is 0 Å². The fourth-order valence-corrected chi connectivity index (χ4v) is 3.06. The van der Waals surface area contributed by atoms with E-state index in [0.29, 0.717) is 0 Å². The Morgan fingerprint density at radius 2 is 1.88 bits per heavy atom. The van der Waals surface area contributed by atoms with Gasteiger partial charge in [-0.05, 0) is 64.1 Å². The maximum Gasteiger partial charge on any atom is 0.0139 e. The molecule has 2 saturated carbocycles. The molecule has 1 N–H and O–H groups in total. The first-order chi connectivity index (χ1) is 8.36. The average molecular weight is 238 g/mol. The molecule has 0 heterocycles. The van der Waals surface area contributed by atoms with Gasteiger partial charge in [0.15, 0.2) is 0 Å². The van der Waals surface area contributed by atoms with E-state index in [9.17, 15) is 0 Å². The van der Waals surface area contributed by atoms with Crippen molar-refractivity contribution in [3.05, 3.63) is 0 Å². The first-order valence-corrected chi connectivity index (χ1v) is 7.83. The molecule has 0 amide bonds. The fraction of sp³-hybridized carbons (Fsp3) is 1.00. The number of unbranched alkanes of at least 4 members (excludes halogenated alkanes) is 1. The Kier molecular flexibility index (Phi) is 5.30. The third kappa shape index (κ3) is 3.69. The van der Waals surface area contributed by atoms with Crippen LogP contribution in [0.25, 0.3) is 0 Å². The van der Waals surface area contributed by atoms with E-state index in [2.05, 4.69) is 24.1 Å². The van der Waals surface area contributed by atoms with Gasteiger partial charge in [0.25, 0.3) is 0 Å². The predicted octanol–water partition coefficient (Wildman–Crippen LogP) is 3.03. The van der Waals surface area contributed by atoms with Crippen LogP contribution < -0.4 is 5.32 Å². The first kappa shape index (κ1) is 13.4. The van der Waals surface area contributed by atoms with Gasteiger partial charge in [-0.1, -0.05) is 20.3 Å². The van der Waals surface area contributed by atoms with Crippen molar-refractivity contribution < 1.29 is 0 Å². The lowest BCUT2D eigenvalue weighted by Crippen LogP contribution is -2.51. The Bertz CT molecular complexity index is 213. The molecule has 2 aliphatic rings.